The van der Waals surface area contributed by atoms with Gasteiger partial charge in [0.1, 0.15) is 0 Å². The summed E-state index contributed by atoms with van der Waals surface area (Å²) in [4.78, 5) is 12.8. The standard InChI is InChI=1S/C14H20BrNO2S/c1-9-6-12(10(2)5-11(9)15)19-7-13(17)16-8-14(3,4)18/h5-6,18H,7-8H2,1-4H3,(H,16,17). The zero-order valence-corrected chi connectivity index (χ0v) is 14.1. The molecule has 0 heterocycles. The minimum atomic E-state index is -0.871. The molecule has 1 amide bonds. The molecule has 0 unspecified atom stereocenters. The van der Waals surface area contributed by atoms with Crippen molar-refractivity contribution >= 4 is 33.6 Å². The third-order valence-corrected chi connectivity index (χ3v) is 4.54. The Hall–Kier alpha value is -0.520. The fraction of sp³-hybridized carbons (Fsp3) is 0.500. The smallest absolute Gasteiger partial charge is 0.230 e. The van der Waals surface area contributed by atoms with Gasteiger partial charge >= 0.3 is 0 Å². The minimum absolute atomic E-state index is 0.0629. The monoisotopic (exact) mass is 345 g/mol. The molecule has 0 saturated carbocycles. The Morgan fingerprint density at radius 3 is 2.58 bits per heavy atom. The lowest BCUT2D eigenvalue weighted by molar-refractivity contribution is -0.119. The molecule has 19 heavy (non-hydrogen) atoms. The summed E-state index contributed by atoms with van der Waals surface area (Å²) in [5.74, 6) is 0.296. The van der Waals surface area contributed by atoms with E-state index < -0.39 is 5.60 Å². The van der Waals surface area contributed by atoms with Gasteiger partial charge < -0.3 is 10.4 Å². The Balaban J connectivity index is 2.53. The maximum Gasteiger partial charge on any atom is 0.230 e. The molecular weight excluding hydrogens is 326 g/mol. The van der Waals surface area contributed by atoms with E-state index in [0.29, 0.717) is 5.75 Å². The molecule has 0 radical (unpaired) electrons. The van der Waals surface area contributed by atoms with Crippen molar-refractivity contribution in [1.82, 2.24) is 5.32 Å². The summed E-state index contributed by atoms with van der Waals surface area (Å²) >= 11 is 5.00. The van der Waals surface area contributed by atoms with E-state index >= 15 is 0 Å². The Kier molecular flexibility index (Phi) is 5.89. The lowest BCUT2D eigenvalue weighted by Crippen LogP contribution is -2.38. The van der Waals surface area contributed by atoms with Gasteiger partial charge in [0.2, 0.25) is 5.91 Å². The maximum atomic E-state index is 11.7. The van der Waals surface area contributed by atoms with Crippen molar-refractivity contribution in [3.05, 3.63) is 27.7 Å². The maximum absolute atomic E-state index is 11.7. The van der Waals surface area contributed by atoms with Crippen LogP contribution in [0, 0.1) is 13.8 Å². The molecule has 0 fully saturated rings. The lowest BCUT2D eigenvalue weighted by atomic mass is 10.1. The number of nitrogens with one attached hydrogen (secondary N) is 1. The van der Waals surface area contributed by atoms with Crippen LogP contribution in [-0.4, -0.2) is 28.9 Å². The zero-order chi connectivity index (χ0) is 14.6. The lowest BCUT2D eigenvalue weighted by Gasteiger charge is -2.17. The highest BCUT2D eigenvalue weighted by molar-refractivity contribution is 9.10. The molecule has 0 aliphatic heterocycles. The number of carbonyl (C=O) groups is 1. The van der Waals surface area contributed by atoms with E-state index in [1.54, 1.807) is 13.8 Å². The number of amides is 1. The number of benzene rings is 1. The third kappa shape index (κ3) is 5.97. The molecule has 0 aliphatic rings. The fourth-order valence-electron chi connectivity index (χ4n) is 1.42. The molecule has 1 aromatic carbocycles. The van der Waals surface area contributed by atoms with E-state index in [4.69, 9.17) is 0 Å². The van der Waals surface area contributed by atoms with Crippen LogP contribution in [0.25, 0.3) is 0 Å². The molecule has 0 aliphatic carbocycles. The van der Waals surface area contributed by atoms with Crippen LogP contribution in [0.1, 0.15) is 25.0 Å². The second-order valence-electron chi connectivity index (χ2n) is 5.24. The molecule has 5 heteroatoms. The van der Waals surface area contributed by atoms with Crippen LogP contribution >= 0.6 is 27.7 Å². The predicted octanol–water partition coefficient (Wildman–Crippen LogP) is 3.05. The number of hydrogen-bond donors (Lipinski definition) is 2. The molecule has 0 saturated heterocycles. The van der Waals surface area contributed by atoms with Gasteiger partial charge in [-0.2, -0.15) is 0 Å². The van der Waals surface area contributed by atoms with Gasteiger partial charge in [0.05, 0.1) is 11.4 Å². The Morgan fingerprint density at radius 1 is 1.37 bits per heavy atom. The molecule has 2 N–H and O–H groups in total. The number of halogens is 1. The molecule has 0 atom stereocenters. The van der Waals surface area contributed by atoms with Crippen LogP contribution in [0.5, 0.6) is 0 Å². The van der Waals surface area contributed by atoms with Crippen molar-refractivity contribution < 1.29 is 9.90 Å². The molecule has 0 bridgehead atoms. The Labute approximate surface area is 127 Å². The number of hydrogen-bond acceptors (Lipinski definition) is 3. The fourth-order valence-corrected chi connectivity index (χ4v) is 2.81. The molecule has 3 nitrogen and oxygen atoms in total. The van der Waals surface area contributed by atoms with Crippen molar-refractivity contribution in [1.29, 1.82) is 0 Å². The second kappa shape index (κ2) is 6.77. The highest BCUT2D eigenvalue weighted by Crippen LogP contribution is 2.28. The first kappa shape index (κ1) is 16.5. The molecular formula is C14H20BrNO2S. The van der Waals surface area contributed by atoms with Gasteiger partial charge in [-0.25, -0.2) is 0 Å². The first-order valence-electron chi connectivity index (χ1n) is 6.07. The summed E-state index contributed by atoms with van der Waals surface area (Å²) in [6.07, 6.45) is 0. The second-order valence-corrected chi connectivity index (χ2v) is 7.12. The van der Waals surface area contributed by atoms with Gasteiger partial charge in [-0.3, -0.25) is 4.79 Å². The van der Waals surface area contributed by atoms with Crippen LogP contribution in [0.2, 0.25) is 0 Å². The highest BCUT2D eigenvalue weighted by atomic mass is 79.9. The molecule has 1 aromatic rings. The summed E-state index contributed by atoms with van der Waals surface area (Å²) < 4.78 is 1.08. The van der Waals surface area contributed by atoms with Gasteiger partial charge in [-0.05, 0) is 51.0 Å². The van der Waals surface area contributed by atoms with Crippen molar-refractivity contribution in [2.45, 2.75) is 38.2 Å². The van der Waals surface area contributed by atoms with Gasteiger partial charge in [-0.1, -0.05) is 15.9 Å². The van der Waals surface area contributed by atoms with E-state index in [1.165, 1.54) is 11.8 Å². The Morgan fingerprint density at radius 2 is 2.00 bits per heavy atom. The SMILES string of the molecule is Cc1cc(SCC(=O)NCC(C)(C)O)c(C)cc1Br. The average molecular weight is 346 g/mol. The van der Waals surface area contributed by atoms with E-state index in [2.05, 4.69) is 33.4 Å². The van der Waals surface area contributed by atoms with E-state index in [9.17, 15) is 9.90 Å². The quantitative estimate of drug-likeness (QED) is 0.806. The molecule has 1 rings (SSSR count). The number of aryl methyl sites for hydroxylation is 2. The average Bonchev–Trinajstić information content (AvgIpc) is 2.28. The first-order chi connectivity index (χ1) is 8.69. The van der Waals surface area contributed by atoms with Crippen LogP contribution in [0.4, 0.5) is 0 Å². The molecule has 106 valence electrons. The van der Waals surface area contributed by atoms with Gasteiger partial charge in [0.15, 0.2) is 0 Å². The largest absolute Gasteiger partial charge is 0.389 e. The van der Waals surface area contributed by atoms with Gasteiger partial charge in [-0.15, -0.1) is 11.8 Å². The molecule has 0 aromatic heterocycles. The normalized spacial score (nSPS) is 11.5. The van der Waals surface area contributed by atoms with Gasteiger partial charge in [0.25, 0.3) is 0 Å². The van der Waals surface area contributed by atoms with E-state index in [0.717, 1.165) is 20.5 Å². The van der Waals surface area contributed by atoms with Crippen LogP contribution < -0.4 is 5.32 Å². The number of thioether (sulfide) groups is 1. The van der Waals surface area contributed by atoms with E-state index in [1.807, 2.05) is 13.8 Å². The van der Waals surface area contributed by atoms with Gasteiger partial charge in [0, 0.05) is 15.9 Å². The van der Waals surface area contributed by atoms with Crippen LogP contribution in [-0.2, 0) is 4.79 Å². The number of aliphatic hydroxyl groups is 1. The first-order valence-corrected chi connectivity index (χ1v) is 7.85. The zero-order valence-electron chi connectivity index (χ0n) is 11.7. The highest BCUT2D eigenvalue weighted by Gasteiger charge is 2.14. The van der Waals surface area contributed by atoms with Crippen LogP contribution in [0.3, 0.4) is 0 Å². The summed E-state index contributed by atoms with van der Waals surface area (Å²) in [6.45, 7) is 7.67. The van der Waals surface area contributed by atoms with Crippen molar-refractivity contribution in [3.8, 4) is 0 Å². The topological polar surface area (TPSA) is 49.3 Å². The molecule has 0 spiro atoms. The van der Waals surface area contributed by atoms with Crippen molar-refractivity contribution in [3.63, 3.8) is 0 Å². The Bertz CT molecular complexity index is 469. The summed E-state index contributed by atoms with van der Waals surface area (Å²) in [5.41, 5.74) is 1.44. The third-order valence-electron chi connectivity index (χ3n) is 2.53. The summed E-state index contributed by atoms with van der Waals surface area (Å²) in [6, 6.07) is 4.14. The number of carbonyl (C=O) groups excluding carboxylic acids is 1. The van der Waals surface area contributed by atoms with Crippen molar-refractivity contribution in [2.24, 2.45) is 0 Å². The van der Waals surface area contributed by atoms with E-state index in [-0.39, 0.29) is 12.5 Å². The predicted molar refractivity (Wildman–Crippen MR) is 83.6 cm³/mol. The summed E-state index contributed by atoms with van der Waals surface area (Å²) in [7, 11) is 0. The van der Waals surface area contributed by atoms with Crippen LogP contribution in [0.15, 0.2) is 21.5 Å². The minimum Gasteiger partial charge on any atom is -0.389 e. The summed E-state index contributed by atoms with van der Waals surface area (Å²) in [5, 5.41) is 12.3. The number of rotatable bonds is 5. The van der Waals surface area contributed by atoms with Crippen molar-refractivity contribution in [2.75, 3.05) is 12.3 Å².